The molecule has 1 amide bonds. The summed E-state index contributed by atoms with van der Waals surface area (Å²) < 4.78 is 11.3. The number of carbonyl (C=O) groups excluding carboxylic acids is 1. The quantitative estimate of drug-likeness (QED) is 0.430. The van der Waals surface area contributed by atoms with Gasteiger partial charge in [0.05, 0.1) is 19.1 Å². The molecule has 1 aromatic rings. The molecule has 0 aromatic heterocycles. The summed E-state index contributed by atoms with van der Waals surface area (Å²) in [5.41, 5.74) is 0.840. The van der Waals surface area contributed by atoms with Crippen molar-refractivity contribution in [2.45, 2.75) is 39.5 Å². The van der Waals surface area contributed by atoms with E-state index in [0.717, 1.165) is 18.4 Å². The Kier molecular flexibility index (Phi) is 7.97. The van der Waals surface area contributed by atoms with Crippen LogP contribution in [-0.4, -0.2) is 35.9 Å². The van der Waals surface area contributed by atoms with Crippen LogP contribution >= 0.6 is 24.0 Å². The van der Waals surface area contributed by atoms with E-state index in [-0.39, 0.29) is 5.91 Å². The van der Waals surface area contributed by atoms with Gasteiger partial charge in [0.2, 0.25) is 0 Å². The highest BCUT2D eigenvalue weighted by Crippen LogP contribution is 2.36. The van der Waals surface area contributed by atoms with Crippen LogP contribution in [0.4, 0.5) is 0 Å². The topological polar surface area (TPSA) is 38.8 Å². The van der Waals surface area contributed by atoms with Crippen molar-refractivity contribution in [1.29, 1.82) is 0 Å². The number of hydrogen-bond acceptors (Lipinski definition) is 5. The fourth-order valence-corrected chi connectivity index (χ4v) is 4.18. The number of rotatable bonds is 9. The number of nitrogens with zero attached hydrogens (tertiary/aromatic N) is 1. The standard InChI is InChI=1S/C20H27NO3S2/c1-5-7-8-14(6-2)13-21-19(22)18(26-20(21)25)11-15-9-10-16(23-3)12-17(15)24-4/h9-12,14H,5-8,13H2,1-4H3/b18-11-. The Morgan fingerprint density at radius 2 is 2.04 bits per heavy atom. The first-order valence-corrected chi connectivity index (χ1v) is 10.2. The van der Waals surface area contributed by atoms with Crippen molar-refractivity contribution in [3.8, 4) is 11.5 Å². The largest absolute Gasteiger partial charge is 0.497 e. The summed E-state index contributed by atoms with van der Waals surface area (Å²) in [7, 11) is 3.22. The highest BCUT2D eigenvalue weighted by molar-refractivity contribution is 8.26. The van der Waals surface area contributed by atoms with E-state index in [2.05, 4.69) is 13.8 Å². The molecule has 0 spiro atoms. The van der Waals surface area contributed by atoms with Gasteiger partial charge in [-0.25, -0.2) is 0 Å². The Morgan fingerprint density at radius 3 is 2.65 bits per heavy atom. The fourth-order valence-electron chi connectivity index (χ4n) is 2.91. The van der Waals surface area contributed by atoms with Gasteiger partial charge in [0.25, 0.3) is 5.91 Å². The predicted molar refractivity (Wildman–Crippen MR) is 113 cm³/mol. The molecule has 1 aromatic carbocycles. The minimum absolute atomic E-state index is 0.00665. The third-order valence-electron chi connectivity index (χ3n) is 4.58. The fraction of sp³-hybridized carbons (Fsp3) is 0.500. The number of thiocarbonyl (C=S) groups is 1. The molecule has 0 N–H and O–H groups in total. The molecule has 4 nitrogen and oxygen atoms in total. The van der Waals surface area contributed by atoms with Crippen molar-refractivity contribution in [1.82, 2.24) is 4.90 Å². The molecule has 142 valence electrons. The highest BCUT2D eigenvalue weighted by atomic mass is 32.2. The molecule has 1 fully saturated rings. The van der Waals surface area contributed by atoms with Crippen LogP contribution in [0.5, 0.6) is 11.5 Å². The smallest absolute Gasteiger partial charge is 0.266 e. The first-order valence-electron chi connectivity index (χ1n) is 9.01. The molecule has 0 aliphatic carbocycles. The van der Waals surface area contributed by atoms with Crippen LogP contribution in [0.3, 0.4) is 0 Å². The van der Waals surface area contributed by atoms with Gasteiger partial charge in [-0.2, -0.15) is 0 Å². The van der Waals surface area contributed by atoms with Gasteiger partial charge >= 0.3 is 0 Å². The van der Waals surface area contributed by atoms with Crippen LogP contribution in [0.25, 0.3) is 6.08 Å². The second-order valence-corrected chi connectivity index (χ2v) is 7.99. The van der Waals surface area contributed by atoms with E-state index in [0.29, 0.717) is 33.2 Å². The van der Waals surface area contributed by atoms with Gasteiger partial charge in [-0.15, -0.1) is 0 Å². The summed E-state index contributed by atoms with van der Waals surface area (Å²) in [6.07, 6.45) is 6.40. The number of hydrogen-bond donors (Lipinski definition) is 0. The van der Waals surface area contributed by atoms with Crippen molar-refractivity contribution >= 4 is 40.3 Å². The molecule has 1 atom stereocenters. The lowest BCUT2D eigenvalue weighted by molar-refractivity contribution is -0.122. The number of ether oxygens (including phenoxy) is 2. The third kappa shape index (κ3) is 5.01. The number of benzene rings is 1. The zero-order valence-corrected chi connectivity index (χ0v) is 17.5. The summed E-state index contributed by atoms with van der Waals surface area (Å²) in [4.78, 5) is 15.3. The lowest BCUT2D eigenvalue weighted by Gasteiger charge is -2.21. The molecule has 0 bridgehead atoms. The van der Waals surface area contributed by atoms with Crippen LogP contribution in [0.15, 0.2) is 23.1 Å². The van der Waals surface area contributed by atoms with E-state index in [1.54, 1.807) is 19.1 Å². The molecular formula is C20H27NO3S2. The number of unbranched alkanes of at least 4 members (excludes halogenated alkanes) is 1. The Bertz CT molecular complexity index is 688. The van der Waals surface area contributed by atoms with Gasteiger partial charge in [-0.05, 0) is 30.5 Å². The number of carbonyl (C=O) groups is 1. The summed E-state index contributed by atoms with van der Waals surface area (Å²) in [6.45, 7) is 5.07. The van der Waals surface area contributed by atoms with Crippen LogP contribution in [0, 0.1) is 5.92 Å². The second kappa shape index (κ2) is 9.97. The van der Waals surface area contributed by atoms with Gasteiger partial charge in [0, 0.05) is 18.2 Å². The summed E-state index contributed by atoms with van der Waals surface area (Å²) >= 11 is 6.83. The normalized spacial score (nSPS) is 17.1. The van der Waals surface area contributed by atoms with E-state index in [9.17, 15) is 4.79 Å². The average Bonchev–Trinajstić information content (AvgIpc) is 2.92. The van der Waals surface area contributed by atoms with Crippen LogP contribution in [-0.2, 0) is 4.79 Å². The monoisotopic (exact) mass is 393 g/mol. The first-order chi connectivity index (χ1) is 12.5. The van der Waals surface area contributed by atoms with E-state index < -0.39 is 0 Å². The Labute approximate surface area is 165 Å². The zero-order chi connectivity index (χ0) is 19.1. The molecule has 1 aliphatic heterocycles. The Balaban J connectivity index is 2.18. The van der Waals surface area contributed by atoms with Crippen molar-refractivity contribution < 1.29 is 14.3 Å². The molecule has 1 aliphatic rings. The summed E-state index contributed by atoms with van der Waals surface area (Å²) in [5, 5.41) is 0. The van der Waals surface area contributed by atoms with Crippen molar-refractivity contribution in [2.75, 3.05) is 20.8 Å². The molecular weight excluding hydrogens is 366 g/mol. The van der Waals surface area contributed by atoms with Crippen molar-refractivity contribution in [3.63, 3.8) is 0 Å². The number of thioether (sulfide) groups is 1. The average molecular weight is 394 g/mol. The van der Waals surface area contributed by atoms with Crippen LogP contribution in [0.2, 0.25) is 0 Å². The molecule has 6 heteroatoms. The summed E-state index contributed by atoms with van der Waals surface area (Å²) in [6, 6.07) is 5.55. The van der Waals surface area contributed by atoms with Gasteiger partial charge in [0.1, 0.15) is 15.8 Å². The van der Waals surface area contributed by atoms with Crippen molar-refractivity contribution in [2.24, 2.45) is 5.92 Å². The molecule has 2 rings (SSSR count). The third-order valence-corrected chi connectivity index (χ3v) is 5.96. The number of methoxy groups -OCH3 is 2. The highest BCUT2D eigenvalue weighted by Gasteiger charge is 2.33. The molecule has 1 saturated heterocycles. The molecule has 26 heavy (non-hydrogen) atoms. The van der Waals surface area contributed by atoms with Gasteiger partial charge in [-0.1, -0.05) is 57.1 Å². The van der Waals surface area contributed by atoms with Crippen LogP contribution in [0.1, 0.15) is 45.1 Å². The minimum atomic E-state index is -0.00665. The van der Waals surface area contributed by atoms with Crippen molar-refractivity contribution in [3.05, 3.63) is 28.7 Å². The maximum Gasteiger partial charge on any atom is 0.266 e. The molecule has 0 radical (unpaired) electrons. The molecule has 1 heterocycles. The minimum Gasteiger partial charge on any atom is -0.497 e. The molecule has 0 saturated carbocycles. The lowest BCUT2D eigenvalue weighted by atomic mass is 9.99. The Hall–Kier alpha value is -1.53. The van der Waals surface area contributed by atoms with Gasteiger partial charge in [-0.3, -0.25) is 9.69 Å². The maximum atomic E-state index is 12.9. The lowest BCUT2D eigenvalue weighted by Crippen LogP contribution is -2.33. The second-order valence-electron chi connectivity index (χ2n) is 6.32. The van der Waals surface area contributed by atoms with Gasteiger partial charge in [0.15, 0.2) is 0 Å². The number of amides is 1. The Morgan fingerprint density at radius 1 is 1.27 bits per heavy atom. The van der Waals surface area contributed by atoms with E-state index in [4.69, 9.17) is 21.7 Å². The maximum absolute atomic E-state index is 12.9. The van der Waals surface area contributed by atoms with E-state index >= 15 is 0 Å². The van der Waals surface area contributed by atoms with E-state index in [1.165, 1.54) is 24.6 Å². The van der Waals surface area contributed by atoms with E-state index in [1.807, 2.05) is 24.3 Å². The SMILES string of the molecule is CCCCC(CC)CN1C(=O)/C(=C/c2ccc(OC)cc2OC)SC1=S. The zero-order valence-electron chi connectivity index (χ0n) is 15.9. The molecule has 1 unspecified atom stereocenters. The summed E-state index contributed by atoms with van der Waals surface area (Å²) in [5.74, 6) is 1.87. The van der Waals surface area contributed by atoms with Crippen LogP contribution < -0.4 is 9.47 Å². The van der Waals surface area contributed by atoms with Gasteiger partial charge < -0.3 is 9.47 Å². The predicted octanol–water partition coefficient (Wildman–Crippen LogP) is 5.12. The first kappa shape index (κ1) is 20.8.